The summed E-state index contributed by atoms with van der Waals surface area (Å²) in [5.41, 5.74) is 1.68. The second kappa shape index (κ2) is 7.27. The van der Waals surface area contributed by atoms with Crippen molar-refractivity contribution in [1.29, 1.82) is 0 Å². The number of carbonyl (C=O) groups excluding carboxylic acids is 1. The molecule has 0 saturated carbocycles. The summed E-state index contributed by atoms with van der Waals surface area (Å²) in [7, 11) is -3.88. The zero-order valence-corrected chi connectivity index (χ0v) is 16.5. The molecule has 0 spiro atoms. The third-order valence-corrected chi connectivity index (χ3v) is 6.40. The molecule has 1 aliphatic heterocycles. The lowest BCUT2D eigenvalue weighted by atomic mass is 9.98. The number of carbonyl (C=O) groups is 1. The number of aliphatic hydroxyl groups is 2. The Hall–Kier alpha value is -2.72. The average Bonchev–Trinajstić information content (AvgIpc) is 2.72. The fourth-order valence-electron chi connectivity index (χ4n) is 3.24. The first-order valence-electron chi connectivity index (χ1n) is 8.62. The number of fused-ring (bicyclic) bond motifs is 5. The summed E-state index contributed by atoms with van der Waals surface area (Å²) >= 11 is 6.39. The Kier molecular flexibility index (Phi) is 4.91. The van der Waals surface area contributed by atoms with E-state index in [0.717, 1.165) is 0 Å². The van der Waals surface area contributed by atoms with Gasteiger partial charge in [-0.15, -0.1) is 0 Å². The Balaban J connectivity index is 1.91. The van der Waals surface area contributed by atoms with Crippen LogP contribution in [0.5, 0.6) is 0 Å². The van der Waals surface area contributed by atoms with Crippen molar-refractivity contribution in [2.24, 2.45) is 0 Å². The molecular formula is C19H16ClN3O5S. The first-order valence-corrected chi connectivity index (χ1v) is 10.5. The largest absolute Gasteiger partial charge is 0.394 e. The number of hydrogen-bond acceptors (Lipinski definition) is 6. The van der Waals surface area contributed by atoms with E-state index in [4.69, 9.17) is 21.8 Å². The highest BCUT2D eigenvalue weighted by Crippen LogP contribution is 2.44. The van der Waals surface area contributed by atoms with Gasteiger partial charge in [-0.1, -0.05) is 11.6 Å². The fourth-order valence-corrected chi connectivity index (χ4v) is 4.79. The fraction of sp³-hybridized carbons (Fsp3) is 0.158. The monoisotopic (exact) mass is 433 g/mol. The van der Waals surface area contributed by atoms with Crippen LogP contribution in [-0.4, -0.2) is 48.8 Å². The molecule has 150 valence electrons. The zero-order chi connectivity index (χ0) is 20.8. The van der Waals surface area contributed by atoms with Crippen molar-refractivity contribution in [1.82, 2.24) is 10.3 Å². The van der Waals surface area contributed by atoms with Gasteiger partial charge in [0.15, 0.2) is 0 Å². The number of sulfonamides is 1. The second-order valence-electron chi connectivity index (χ2n) is 6.53. The number of halogens is 1. The molecular weight excluding hydrogens is 418 g/mol. The minimum atomic E-state index is -3.88. The van der Waals surface area contributed by atoms with Gasteiger partial charge in [0, 0.05) is 28.3 Å². The van der Waals surface area contributed by atoms with Gasteiger partial charge in [0.2, 0.25) is 0 Å². The minimum Gasteiger partial charge on any atom is -0.394 e. The molecule has 29 heavy (non-hydrogen) atoms. The summed E-state index contributed by atoms with van der Waals surface area (Å²) in [5.74, 6) is -0.552. The van der Waals surface area contributed by atoms with Crippen molar-refractivity contribution in [3.05, 3.63) is 53.2 Å². The van der Waals surface area contributed by atoms with E-state index in [1.165, 1.54) is 24.4 Å². The van der Waals surface area contributed by atoms with E-state index in [2.05, 4.69) is 15.0 Å². The third-order valence-electron chi connectivity index (χ3n) is 4.68. The van der Waals surface area contributed by atoms with Gasteiger partial charge >= 0.3 is 0 Å². The van der Waals surface area contributed by atoms with Crippen LogP contribution in [0.4, 0.5) is 5.69 Å². The summed E-state index contributed by atoms with van der Waals surface area (Å²) in [6.07, 6.45) is 1.54. The van der Waals surface area contributed by atoms with Gasteiger partial charge in [-0.2, -0.15) is 0 Å². The van der Waals surface area contributed by atoms with E-state index >= 15 is 0 Å². The molecule has 8 nitrogen and oxygen atoms in total. The number of hydrogen-bond donors (Lipinski definition) is 4. The summed E-state index contributed by atoms with van der Waals surface area (Å²) in [6, 6.07) is 8.39. The van der Waals surface area contributed by atoms with Crippen LogP contribution in [0.1, 0.15) is 10.4 Å². The van der Waals surface area contributed by atoms with Crippen LogP contribution in [0.3, 0.4) is 0 Å². The number of benzene rings is 2. The number of aliphatic hydroxyl groups excluding tert-OH is 2. The number of pyridine rings is 1. The molecule has 2 aromatic carbocycles. The first kappa shape index (κ1) is 19.6. The van der Waals surface area contributed by atoms with E-state index in [0.29, 0.717) is 32.7 Å². The summed E-state index contributed by atoms with van der Waals surface area (Å²) < 4.78 is 28.1. The molecule has 2 heterocycles. The number of anilines is 1. The smallest absolute Gasteiger partial charge is 0.262 e. The van der Waals surface area contributed by atoms with Gasteiger partial charge in [0.1, 0.15) is 0 Å². The summed E-state index contributed by atoms with van der Waals surface area (Å²) in [6.45, 7) is -0.858. The van der Waals surface area contributed by atoms with E-state index in [1.54, 1.807) is 18.2 Å². The van der Waals surface area contributed by atoms with Crippen molar-refractivity contribution in [2.75, 3.05) is 17.9 Å². The molecule has 0 saturated heterocycles. The highest BCUT2D eigenvalue weighted by molar-refractivity contribution is 7.93. The molecule has 0 unspecified atom stereocenters. The van der Waals surface area contributed by atoms with Crippen molar-refractivity contribution >= 4 is 44.1 Å². The van der Waals surface area contributed by atoms with Gasteiger partial charge in [0.05, 0.1) is 40.4 Å². The molecule has 0 radical (unpaired) electrons. The standard InChI is InChI=1S/C19H16ClN3O5S/c20-15-7-14-13-6-10(19(26)22-11(8-24)9-25)3-4-16(13)29(27,28)23-18(14)17-12(15)2-1-5-21-17/h1-7,11,23-25H,8-9H2,(H,22,26). The number of amides is 1. The quantitative estimate of drug-likeness (QED) is 0.496. The van der Waals surface area contributed by atoms with Crippen LogP contribution in [0.15, 0.2) is 47.5 Å². The second-order valence-corrected chi connectivity index (χ2v) is 8.59. The Labute approximate surface area is 171 Å². The van der Waals surface area contributed by atoms with Crippen molar-refractivity contribution < 1.29 is 23.4 Å². The normalized spacial score (nSPS) is 14.2. The molecule has 0 fully saturated rings. The molecule has 4 N–H and O–H groups in total. The van der Waals surface area contributed by atoms with Crippen LogP contribution in [0.2, 0.25) is 5.02 Å². The number of nitrogens with one attached hydrogen (secondary N) is 2. The molecule has 1 aromatic heterocycles. The Morgan fingerprint density at radius 3 is 2.66 bits per heavy atom. The number of rotatable bonds is 4. The number of nitrogens with zero attached hydrogens (tertiary/aromatic N) is 1. The Morgan fingerprint density at radius 1 is 1.17 bits per heavy atom. The maximum Gasteiger partial charge on any atom is 0.262 e. The SMILES string of the molecule is O=C(NC(CO)CO)c1ccc2c(c1)-c1cc(Cl)c3cccnc3c1NS2(=O)=O. The summed E-state index contributed by atoms with van der Waals surface area (Å²) in [5, 5.41) is 21.8. The van der Waals surface area contributed by atoms with Gasteiger partial charge < -0.3 is 15.5 Å². The lowest BCUT2D eigenvalue weighted by Gasteiger charge is -2.24. The molecule has 0 bridgehead atoms. The van der Waals surface area contributed by atoms with Crippen LogP contribution in [0, 0.1) is 0 Å². The maximum atomic E-state index is 12.8. The first-order chi connectivity index (χ1) is 13.9. The lowest BCUT2D eigenvalue weighted by molar-refractivity contribution is 0.0879. The van der Waals surface area contributed by atoms with Crippen LogP contribution in [-0.2, 0) is 10.0 Å². The van der Waals surface area contributed by atoms with Crippen LogP contribution < -0.4 is 10.0 Å². The minimum absolute atomic E-state index is 0.00811. The summed E-state index contributed by atoms with van der Waals surface area (Å²) in [4.78, 5) is 16.7. The zero-order valence-electron chi connectivity index (χ0n) is 14.9. The molecule has 10 heteroatoms. The Morgan fingerprint density at radius 2 is 1.93 bits per heavy atom. The molecule has 1 aliphatic rings. The van der Waals surface area contributed by atoms with Gasteiger partial charge in [-0.3, -0.25) is 14.5 Å². The highest BCUT2D eigenvalue weighted by atomic mass is 35.5. The maximum absolute atomic E-state index is 12.8. The predicted molar refractivity (Wildman–Crippen MR) is 108 cm³/mol. The average molecular weight is 434 g/mol. The number of aromatic nitrogens is 1. The third kappa shape index (κ3) is 3.32. The van der Waals surface area contributed by atoms with E-state index in [-0.39, 0.29) is 10.5 Å². The van der Waals surface area contributed by atoms with Crippen LogP contribution in [0.25, 0.3) is 22.0 Å². The lowest BCUT2D eigenvalue weighted by Crippen LogP contribution is -2.40. The predicted octanol–water partition coefficient (Wildman–Crippen LogP) is 1.75. The Bertz CT molecular complexity index is 1240. The van der Waals surface area contributed by atoms with Gasteiger partial charge in [-0.05, 0) is 36.4 Å². The van der Waals surface area contributed by atoms with Crippen molar-refractivity contribution in [2.45, 2.75) is 10.9 Å². The van der Waals surface area contributed by atoms with E-state index < -0.39 is 35.2 Å². The van der Waals surface area contributed by atoms with Crippen LogP contribution >= 0.6 is 11.6 Å². The molecule has 4 rings (SSSR count). The van der Waals surface area contributed by atoms with Gasteiger partial charge in [0.25, 0.3) is 15.9 Å². The van der Waals surface area contributed by atoms with Crippen molar-refractivity contribution in [3.63, 3.8) is 0 Å². The highest BCUT2D eigenvalue weighted by Gasteiger charge is 2.30. The van der Waals surface area contributed by atoms with E-state index in [9.17, 15) is 13.2 Å². The van der Waals surface area contributed by atoms with Gasteiger partial charge in [-0.25, -0.2) is 8.42 Å². The van der Waals surface area contributed by atoms with Crippen molar-refractivity contribution in [3.8, 4) is 11.1 Å². The molecule has 3 aromatic rings. The molecule has 1 amide bonds. The van der Waals surface area contributed by atoms with E-state index in [1.807, 2.05) is 0 Å². The molecule has 0 atom stereocenters. The topological polar surface area (TPSA) is 129 Å². The molecule has 0 aliphatic carbocycles.